The van der Waals surface area contributed by atoms with Crippen molar-refractivity contribution in [2.45, 2.75) is 51.9 Å². The Morgan fingerprint density at radius 3 is 2.04 bits per heavy atom. The lowest BCUT2D eigenvalue weighted by Crippen LogP contribution is -2.55. The number of non-ortho nitro benzene ring substituents is 1. The molecule has 0 aliphatic carbocycles. The van der Waals surface area contributed by atoms with Crippen LogP contribution in [-0.2, 0) is 14.3 Å². The summed E-state index contributed by atoms with van der Waals surface area (Å²) in [4.78, 5) is 48.3. The van der Waals surface area contributed by atoms with Gasteiger partial charge in [-0.25, -0.2) is 4.79 Å². The van der Waals surface area contributed by atoms with Gasteiger partial charge in [0.2, 0.25) is 5.60 Å². The molecule has 0 unspecified atom stereocenters. The van der Waals surface area contributed by atoms with Crippen LogP contribution in [0.4, 0.5) is 5.69 Å². The molecule has 0 aliphatic rings. The average Bonchev–Trinajstić information content (AvgIpc) is 2.57. The maximum Gasteiger partial charge on any atom is 0.346 e. The number of hydrogen-bond donors (Lipinski definition) is 1. The second-order valence-corrected chi connectivity index (χ2v) is 7.33. The van der Waals surface area contributed by atoms with Gasteiger partial charge in [-0.15, -0.1) is 0 Å². The molecule has 0 radical (unpaired) electrons. The highest BCUT2D eigenvalue weighted by Gasteiger charge is 2.45. The van der Waals surface area contributed by atoms with E-state index in [1.807, 2.05) is 0 Å². The largest absolute Gasteiger partial charge is 0.457 e. The maximum atomic E-state index is 12.6. The number of nitrogens with zero attached hydrogens (tertiary/aromatic N) is 2. The molecule has 1 rings (SSSR count). The lowest BCUT2D eigenvalue weighted by molar-refractivity contribution is -0.384. The first-order valence-corrected chi connectivity index (χ1v) is 8.20. The van der Waals surface area contributed by atoms with Crippen LogP contribution >= 0.6 is 0 Å². The molecule has 1 aromatic carbocycles. The Labute approximate surface area is 157 Å². The van der Waals surface area contributed by atoms with Crippen molar-refractivity contribution in [3.05, 3.63) is 39.9 Å². The SMILES string of the molecule is C[C@@H](C(=O)[C@](C)(O)C(=O)OC(C)(C)C)N(C)C(=O)c1ccc([N+](=O)[O-])cc1. The summed E-state index contributed by atoms with van der Waals surface area (Å²) < 4.78 is 5.06. The van der Waals surface area contributed by atoms with Gasteiger partial charge in [0.25, 0.3) is 11.6 Å². The number of Topliss-reactive ketones (excluding diaryl/α,β-unsaturated/α-hetero) is 1. The lowest BCUT2D eigenvalue weighted by Gasteiger charge is -2.31. The fourth-order valence-electron chi connectivity index (χ4n) is 2.17. The number of likely N-dealkylation sites (N-methyl/N-ethyl adjacent to an activating group) is 1. The number of nitro groups is 1. The van der Waals surface area contributed by atoms with E-state index in [0.717, 1.165) is 11.8 Å². The number of carbonyl (C=O) groups is 3. The summed E-state index contributed by atoms with van der Waals surface area (Å²) in [5, 5.41) is 21.0. The van der Waals surface area contributed by atoms with Crippen molar-refractivity contribution in [1.29, 1.82) is 0 Å². The van der Waals surface area contributed by atoms with Crippen LogP contribution in [0.15, 0.2) is 24.3 Å². The number of amides is 1. The highest BCUT2D eigenvalue weighted by molar-refractivity contribution is 6.10. The van der Waals surface area contributed by atoms with Gasteiger partial charge < -0.3 is 14.7 Å². The second-order valence-electron chi connectivity index (χ2n) is 7.33. The summed E-state index contributed by atoms with van der Waals surface area (Å²) in [6.07, 6.45) is 0. The van der Waals surface area contributed by atoms with Gasteiger partial charge in [-0.05, 0) is 46.8 Å². The molecule has 9 heteroatoms. The zero-order valence-electron chi connectivity index (χ0n) is 16.2. The molecule has 0 heterocycles. The molecule has 27 heavy (non-hydrogen) atoms. The number of aliphatic hydroxyl groups is 1. The Balaban J connectivity index is 2.97. The molecule has 1 amide bonds. The molecule has 0 fully saturated rings. The molecule has 9 nitrogen and oxygen atoms in total. The van der Waals surface area contributed by atoms with Gasteiger partial charge in [-0.3, -0.25) is 19.7 Å². The summed E-state index contributed by atoms with van der Waals surface area (Å²) in [7, 11) is 1.33. The topological polar surface area (TPSA) is 127 Å². The maximum absolute atomic E-state index is 12.6. The standard InChI is InChI=1S/C18H24N2O7/c1-11(14(21)18(5,24)16(23)27-17(2,3)4)19(6)15(22)12-7-9-13(10-8-12)20(25)26/h7-11,24H,1-6H3/t11-,18-/m0/s1. The molecular formula is C18H24N2O7. The Kier molecular flexibility index (Phi) is 6.45. The molecular weight excluding hydrogens is 356 g/mol. The van der Waals surface area contributed by atoms with Crippen molar-refractivity contribution in [3.8, 4) is 0 Å². The molecule has 0 aliphatic heterocycles. The third-order valence-corrected chi connectivity index (χ3v) is 3.88. The van der Waals surface area contributed by atoms with Gasteiger partial charge >= 0.3 is 5.97 Å². The first-order chi connectivity index (χ1) is 12.2. The highest BCUT2D eigenvalue weighted by Crippen LogP contribution is 2.20. The van der Waals surface area contributed by atoms with E-state index in [0.29, 0.717) is 0 Å². The monoisotopic (exact) mass is 380 g/mol. The van der Waals surface area contributed by atoms with Crippen molar-refractivity contribution in [3.63, 3.8) is 0 Å². The predicted molar refractivity (Wildman–Crippen MR) is 96.1 cm³/mol. The minimum absolute atomic E-state index is 0.125. The van der Waals surface area contributed by atoms with Gasteiger partial charge in [0, 0.05) is 24.7 Å². The van der Waals surface area contributed by atoms with Crippen LogP contribution in [0.5, 0.6) is 0 Å². The minimum Gasteiger partial charge on any atom is -0.457 e. The molecule has 1 aromatic rings. The number of nitro benzene ring substituents is 1. The molecule has 0 saturated carbocycles. The van der Waals surface area contributed by atoms with E-state index in [2.05, 4.69) is 0 Å². The van der Waals surface area contributed by atoms with Gasteiger partial charge in [-0.1, -0.05) is 0 Å². The van der Waals surface area contributed by atoms with Crippen LogP contribution in [0.3, 0.4) is 0 Å². The van der Waals surface area contributed by atoms with Crippen LogP contribution in [0.1, 0.15) is 45.0 Å². The molecule has 1 N–H and O–H groups in total. The van der Waals surface area contributed by atoms with Crippen molar-refractivity contribution in [2.75, 3.05) is 7.05 Å². The normalized spacial score (nSPS) is 14.6. The Morgan fingerprint density at radius 2 is 1.63 bits per heavy atom. The second kappa shape index (κ2) is 7.83. The predicted octanol–water partition coefficient (Wildman–Crippen LogP) is 1.72. The fraction of sp³-hybridized carbons (Fsp3) is 0.500. The van der Waals surface area contributed by atoms with E-state index >= 15 is 0 Å². The van der Waals surface area contributed by atoms with E-state index in [1.165, 1.54) is 38.2 Å². The van der Waals surface area contributed by atoms with Crippen molar-refractivity contribution >= 4 is 23.3 Å². The summed E-state index contributed by atoms with van der Waals surface area (Å²) in [6, 6.07) is 3.73. The molecule has 0 bridgehead atoms. The van der Waals surface area contributed by atoms with Crippen molar-refractivity contribution in [2.24, 2.45) is 0 Å². The lowest BCUT2D eigenvalue weighted by atomic mass is 9.94. The zero-order valence-corrected chi connectivity index (χ0v) is 16.2. The van der Waals surface area contributed by atoms with E-state index in [9.17, 15) is 29.6 Å². The fourth-order valence-corrected chi connectivity index (χ4v) is 2.17. The first-order valence-electron chi connectivity index (χ1n) is 8.20. The smallest absolute Gasteiger partial charge is 0.346 e. The number of carbonyl (C=O) groups excluding carboxylic acids is 3. The van der Waals surface area contributed by atoms with Gasteiger partial charge in [0.1, 0.15) is 5.60 Å². The minimum atomic E-state index is -2.43. The molecule has 0 aromatic heterocycles. The van der Waals surface area contributed by atoms with Crippen molar-refractivity contribution < 1.29 is 29.2 Å². The number of esters is 1. The van der Waals surface area contributed by atoms with E-state index in [-0.39, 0.29) is 11.3 Å². The van der Waals surface area contributed by atoms with Crippen LogP contribution < -0.4 is 0 Å². The Morgan fingerprint density at radius 1 is 1.15 bits per heavy atom. The van der Waals surface area contributed by atoms with Gasteiger partial charge in [0.15, 0.2) is 5.78 Å². The van der Waals surface area contributed by atoms with Crippen LogP contribution in [0, 0.1) is 10.1 Å². The Hall–Kier alpha value is -2.81. The summed E-state index contributed by atoms with van der Waals surface area (Å²) >= 11 is 0. The zero-order chi connectivity index (χ0) is 21.2. The third kappa shape index (κ3) is 5.33. The summed E-state index contributed by atoms with van der Waals surface area (Å²) in [6.45, 7) is 7.17. The van der Waals surface area contributed by atoms with Crippen molar-refractivity contribution in [1.82, 2.24) is 4.90 Å². The summed E-state index contributed by atoms with van der Waals surface area (Å²) in [5.41, 5.74) is -3.38. The summed E-state index contributed by atoms with van der Waals surface area (Å²) in [5.74, 6) is -2.61. The number of ether oxygens (including phenoxy) is 1. The van der Waals surface area contributed by atoms with Gasteiger partial charge in [0.05, 0.1) is 11.0 Å². The highest BCUT2D eigenvalue weighted by atomic mass is 16.6. The van der Waals surface area contributed by atoms with E-state index in [1.54, 1.807) is 20.8 Å². The molecule has 2 atom stereocenters. The Bertz CT molecular complexity index is 748. The molecule has 0 spiro atoms. The van der Waals surface area contributed by atoms with Crippen LogP contribution in [-0.4, -0.2) is 56.9 Å². The molecule has 148 valence electrons. The van der Waals surface area contributed by atoms with Crippen LogP contribution in [0.25, 0.3) is 0 Å². The van der Waals surface area contributed by atoms with Gasteiger partial charge in [-0.2, -0.15) is 0 Å². The first kappa shape index (κ1) is 22.2. The average molecular weight is 380 g/mol. The van der Waals surface area contributed by atoms with E-state index < -0.39 is 39.8 Å². The molecule has 0 saturated heterocycles. The third-order valence-electron chi connectivity index (χ3n) is 3.88. The number of benzene rings is 1. The quantitative estimate of drug-likeness (QED) is 0.344. The number of rotatable bonds is 6. The van der Waals surface area contributed by atoms with E-state index in [4.69, 9.17) is 4.74 Å². The number of ketones is 1. The number of hydrogen-bond acceptors (Lipinski definition) is 7. The van der Waals surface area contributed by atoms with Crippen LogP contribution in [0.2, 0.25) is 0 Å².